The molecule has 30 heavy (non-hydrogen) atoms. The first kappa shape index (κ1) is 20.1. The molecule has 0 aliphatic heterocycles. The van der Waals surface area contributed by atoms with Gasteiger partial charge in [0.25, 0.3) is 5.91 Å². The van der Waals surface area contributed by atoms with Gasteiger partial charge in [0.15, 0.2) is 20.7 Å². The Balaban J connectivity index is 1.51. The second-order valence-electron chi connectivity index (χ2n) is 6.43. The summed E-state index contributed by atoms with van der Waals surface area (Å²) in [5.74, 6) is 0.928. The average Bonchev–Trinajstić information content (AvgIpc) is 3.39. The molecule has 4 rings (SSSR count). The number of nitrogens with zero attached hydrogens (tertiary/aromatic N) is 1. The van der Waals surface area contributed by atoms with Crippen molar-refractivity contribution in [2.24, 2.45) is 0 Å². The van der Waals surface area contributed by atoms with Crippen LogP contribution in [0.3, 0.4) is 0 Å². The molecule has 2 aromatic heterocycles. The van der Waals surface area contributed by atoms with Crippen LogP contribution in [0.5, 0.6) is 5.75 Å². The number of carbonyl (C=O) groups excluding carboxylic acids is 1. The van der Waals surface area contributed by atoms with Crippen LogP contribution in [0, 0.1) is 0 Å². The monoisotopic (exact) mass is 442 g/mol. The number of anilines is 1. The van der Waals surface area contributed by atoms with E-state index >= 15 is 0 Å². The Morgan fingerprint density at radius 3 is 2.63 bits per heavy atom. The average molecular weight is 443 g/mol. The summed E-state index contributed by atoms with van der Waals surface area (Å²) in [4.78, 5) is 17.1. The number of hydrogen-bond donors (Lipinski definition) is 1. The third-order valence-corrected chi connectivity index (χ3v) is 7.07. The van der Waals surface area contributed by atoms with Crippen molar-refractivity contribution in [3.8, 4) is 17.2 Å². The maximum Gasteiger partial charge on any atom is 0.257 e. The third-order valence-electron chi connectivity index (χ3n) is 4.56. The van der Waals surface area contributed by atoms with Gasteiger partial charge in [-0.15, -0.1) is 11.3 Å². The number of sulfone groups is 1. The molecule has 0 spiro atoms. The highest BCUT2D eigenvalue weighted by molar-refractivity contribution is 7.91. The van der Waals surface area contributed by atoms with Crippen molar-refractivity contribution in [2.45, 2.75) is 11.8 Å². The van der Waals surface area contributed by atoms with Crippen LogP contribution in [0.15, 0.2) is 63.2 Å². The molecule has 0 radical (unpaired) electrons. The van der Waals surface area contributed by atoms with E-state index in [-0.39, 0.29) is 16.6 Å². The van der Waals surface area contributed by atoms with Gasteiger partial charge in [-0.25, -0.2) is 13.4 Å². The number of nitrogens with one attached hydrogen (secondary N) is 1. The Morgan fingerprint density at radius 1 is 1.17 bits per heavy atom. The molecule has 1 amide bonds. The molecule has 2 heterocycles. The number of amides is 1. The Morgan fingerprint density at radius 2 is 1.93 bits per heavy atom. The summed E-state index contributed by atoms with van der Waals surface area (Å²) in [5.41, 5.74) is 1.64. The summed E-state index contributed by atoms with van der Waals surface area (Å²) in [5, 5.41) is 5.86. The van der Waals surface area contributed by atoms with Crippen molar-refractivity contribution >= 4 is 43.2 Å². The molecule has 7 nitrogen and oxygen atoms in total. The second kappa shape index (κ2) is 7.92. The standard InChI is InChI=1S/C21H18N2O5S2/c1-3-30(25,26)16-8-5-13(6-9-16)20(24)23-21-22-17(12-29-21)19-10-14-4-7-15(27-2)11-18(14)28-19/h4-12H,3H2,1-2H3,(H,22,23,24). The van der Waals surface area contributed by atoms with Crippen molar-refractivity contribution in [3.05, 3.63) is 59.5 Å². The number of fused-ring (bicyclic) bond motifs is 1. The van der Waals surface area contributed by atoms with Gasteiger partial charge < -0.3 is 9.15 Å². The van der Waals surface area contributed by atoms with E-state index in [0.29, 0.717) is 33.5 Å². The van der Waals surface area contributed by atoms with Crippen LogP contribution < -0.4 is 10.1 Å². The van der Waals surface area contributed by atoms with Gasteiger partial charge in [-0.1, -0.05) is 6.92 Å². The fraction of sp³-hybridized carbons (Fsp3) is 0.143. The molecule has 0 aliphatic rings. The van der Waals surface area contributed by atoms with Gasteiger partial charge >= 0.3 is 0 Å². The zero-order valence-corrected chi connectivity index (χ0v) is 17.8. The lowest BCUT2D eigenvalue weighted by Crippen LogP contribution is -2.12. The normalized spacial score (nSPS) is 11.5. The Hall–Kier alpha value is -3.17. The fourth-order valence-electron chi connectivity index (χ4n) is 2.86. The maximum atomic E-state index is 12.5. The highest BCUT2D eigenvalue weighted by Crippen LogP contribution is 2.32. The van der Waals surface area contributed by atoms with Gasteiger partial charge in [-0.2, -0.15) is 0 Å². The summed E-state index contributed by atoms with van der Waals surface area (Å²) in [6.07, 6.45) is 0. The Labute approximate surface area is 177 Å². The number of carbonyl (C=O) groups is 1. The van der Waals surface area contributed by atoms with Gasteiger partial charge in [0.1, 0.15) is 17.0 Å². The van der Waals surface area contributed by atoms with Crippen LogP contribution in [-0.4, -0.2) is 32.2 Å². The van der Waals surface area contributed by atoms with Gasteiger partial charge in [0.05, 0.1) is 17.8 Å². The number of ether oxygens (including phenoxy) is 1. The largest absolute Gasteiger partial charge is 0.497 e. The number of furan rings is 1. The molecule has 1 N–H and O–H groups in total. The minimum absolute atomic E-state index is 0.00894. The maximum absolute atomic E-state index is 12.5. The molecule has 154 valence electrons. The SMILES string of the molecule is CCS(=O)(=O)c1ccc(C(=O)Nc2nc(-c3cc4ccc(OC)cc4o3)cs2)cc1. The van der Waals surface area contributed by atoms with Crippen LogP contribution >= 0.6 is 11.3 Å². The summed E-state index contributed by atoms with van der Waals surface area (Å²) >= 11 is 1.27. The summed E-state index contributed by atoms with van der Waals surface area (Å²) < 4.78 is 34.8. The Kier molecular flexibility index (Phi) is 5.31. The number of rotatable bonds is 6. The molecule has 0 saturated carbocycles. The van der Waals surface area contributed by atoms with Crippen molar-refractivity contribution in [1.82, 2.24) is 4.98 Å². The van der Waals surface area contributed by atoms with Crippen LogP contribution in [0.4, 0.5) is 5.13 Å². The second-order valence-corrected chi connectivity index (χ2v) is 9.57. The first-order valence-corrected chi connectivity index (χ1v) is 11.6. The molecule has 4 aromatic rings. The molecular formula is C21H18N2O5S2. The molecule has 9 heteroatoms. The van der Waals surface area contributed by atoms with E-state index in [1.807, 2.05) is 18.2 Å². The summed E-state index contributed by atoms with van der Waals surface area (Å²) in [6.45, 7) is 1.58. The molecule has 2 aromatic carbocycles. The van der Waals surface area contributed by atoms with Crippen LogP contribution in [0.25, 0.3) is 22.4 Å². The minimum atomic E-state index is -3.30. The number of hydrogen-bond acceptors (Lipinski definition) is 7. The van der Waals surface area contributed by atoms with Crippen LogP contribution in [0.2, 0.25) is 0 Å². The Bertz CT molecular complexity index is 1320. The van der Waals surface area contributed by atoms with E-state index in [0.717, 1.165) is 5.39 Å². The highest BCUT2D eigenvalue weighted by atomic mass is 32.2. The topological polar surface area (TPSA) is 98.5 Å². The van der Waals surface area contributed by atoms with E-state index in [1.54, 1.807) is 25.5 Å². The van der Waals surface area contributed by atoms with Crippen molar-refractivity contribution in [1.29, 1.82) is 0 Å². The van der Waals surface area contributed by atoms with Gasteiger partial charge in [0.2, 0.25) is 0 Å². The number of benzene rings is 2. The molecule has 0 fully saturated rings. The van der Waals surface area contributed by atoms with Gasteiger partial charge in [0, 0.05) is 22.4 Å². The highest BCUT2D eigenvalue weighted by Gasteiger charge is 2.15. The lowest BCUT2D eigenvalue weighted by atomic mass is 10.2. The summed E-state index contributed by atoms with van der Waals surface area (Å²) in [6, 6.07) is 13.3. The van der Waals surface area contributed by atoms with E-state index in [2.05, 4.69) is 10.3 Å². The van der Waals surface area contributed by atoms with E-state index in [9.17, 15) is 13.2 Å². The zero-order valence-electron chi connectivity index (χ0n) is 16.2. The number of thiazole rings is 1. The predicted octanol–water partition coefficient (Wildman–Crippen LogP) is 4.61. The fourth-order valence-corrected chi connectivity index (χ4v) is 4.44. The van der Waals surface area contributed by atoms with Gasteiger partial charge in [-0.05, 0) is 42.5 Å². The van der Waals surface area contributed by atoms with Crippen molar-refractivity contribution in [2.75, 3.05) is 18.2 Å². The number of aromatic nitrogens is 1. The smallest absolute Gasteiger partial charge is 0.257 e. The van der Waals surface area contributed by atoms with E-state index in [1.165, 1.54) is 35.6 Å². The van der Waals surface area contributed by atoms with Crippen LogP contribution in [0.1, 0.15) is 17.3 Å². The zero-order chi connectivity index (χ0) is 21.3. The third kappa shape index (κ3) is 3.94. The van der Waals surface area contributed by atoms with E-state index < -0.39 is 9.84 Å². The molecular weight excluding hydrogens is 424 g/mol. The lowest BCUT2D eigenvalue weighted by molar-refractivity contribution is 0.102. The molecule has 0 saturated heterocycles. The quantitative estimate of drug-likeness (QED) is 0.468. The van der Waals surface area contributed by atoms with Gasteiger partial charge in [-0.3, -0.25) is 10.1 Å². The summed E-state index contributed by atoms with van der Waals surface area (Å²) in [7, 11) is -1.71. The lowest BCUT2D eigenvalue weighted by Gasteiger charge is -2.04. The molecule has 0 atom stereocenters. The molecule has 0 bridgehead atoms. The first-order valence-electron chi connectivity index (χ1n) is 9.07. The molecule has 0 aliphatic carbocycles. The predicted molar refractivity (Wildman–Crippen MR) is 116 cm³/mol. The number of methoxy groups -OCH3 is 1. The first-order chi connectivity index (χ1) is 14.4. The van der Waals surface area contributed by atoms with E-state index in [4.69, 9.17) is 9.15 Å². The molecule has 0 unspecified atom stereocenters. The minimum Gasteiger partial charge on any atom is -0.497 e. The van der Waals surface area contributed by atoms with Crippen molar-refractivity contribution in [3.63, 3.8) is 0 Å². The van der Waals surface area contributed by atoms with Crippen molar-refractivity contribution < 1.29 is 22.4 Å². The van der Waals surface area contributed by atoms with Crippen LogP contribution in [-0.2, 0) is 9.84 Å².